The Morgan fingerprint density at radius 3 is 2.66 bits per heavy atom. The van der Waals surface area contributed by atoms with Crippen molar-refractivity contribution in [3.8, 4) is 11.5 Å². The van der Waals surface area contributed by atoms with Gasteiger partial charge in [-0.25, -0.2) is 9.59 Å². The van der Waals surface area contributed by atoms with Gasteiger partial charge in [-0.3, -0.25) is 9.69 Å². The van der Waals surface area contributed by atoms with Crippen LogP contribution in [-0.4, -0.2) is 41.1 Å². The van der Waals surface area contributed by atoms with E-state index < -0.39 is 17.9 Å². The summed E-state index contributed by atoms with van der Waals surface area (Å²) >= 11 is 6.44. The monoisotopic (exact) mass is 458 g/mol. The molecule has 0 aliphatic carbocycles. The molecule has 0 spiro atoms. The van der Waals surface area contributed by atoms with Crippen LogP contribution in [0.1, 0.15) is 41.8 Å². The lowest BCUT2D eigenvalue weighted by molar-refractivity contribution is -0.122. The molecule has 3 amide bonds. The molecule has 0 bridgehead atoms. The number of rotatable bonds is 9. The summed E-state index contributed by atoms with van der Waals surface area (Å²) in [5, 5.41) is 12.0. The third-order valence-electron chi connectivity index (χ3n) is 4.61. The van der Waals surface area contributed by atoms with Crippen LogP contribution in [0.15, 0.2) is 42.1 Å². The number of carbonyl (C=O) groups is 3. The fourth-order valence-corrected chi connectivity index (χ4v) is 3.46. The van der Waals surface area contributed by atoms with Crippen LogP contribution in [-0.2, 0) is 11.4 Å². The first kappa shape index (κ1) is 23.1. The number of carboxylic acid groups (broad SMARTS) is 1. The van der Waals surface area contributed by atoms with E-state index in [2.05, 4.69) is 5.32 Å². The summed E-state index contributed by atoms with van der Waals surface area (Å²) in [5.74, 6) is -0.762. The van der Waals surface area contributed by atoms with Gasteiger partial charge in [0.15, 0.2) is 11.5 Å². The summed E-state index contributed by atoms with van der Waals surface area (Å²) in [4.78, 5) is 36.8. The SMILES string of the molecule is CCCN1C(=O)N/C(=C/c2cc(Cl)c(OCc3cccc(C(=O)O)c3)c(OCC)c2)C1=O. The van der Waals surface area contributed by atoms with Crippen LogP contribution in [0.4, 0.5) is 4.79 Å². The van der Waals surface area contributed by atoms with Gasteiger partial charge in [0.05, 0.1) is 17.2 Å². The van der Waals surface area contributed by atoms with Crippen LogP contribution in [0, 0.1) is 0 Å². The van der Waals surface area contributed by atoms with Crippen LogP contribution < -0.4 is 14.8 Å². The smallest absolute Gasteiger partial charge is 0.335 e. The van der Waals surface area contributed by atoms with Gasteiger partial charge in [0.2, 0.25) is 0 Å². The molecule has 0 saturated carbocycles. The number of carboxylic acids is 1. The minimum atomic E-state index is -1.02. The first-order valence-electron chi connectivity index (χ1n) is 10.1. The normalized spacial score (nSPS) is 14.6. The van der Waals surface area contributed by atoms with Gasteiger partial charge in [-0.05, 0) is 54.8 Å². The molecular weight excluding hydrogens is 436 g/mol. The van der Waals surface area contributed by atoms with Crippen LogP contribution in [0.2, 0.25) is 5.02 Å². The zero-order valence-electron chi connectivity index (χ0n) is 17.7. The first-order chi connectivity index (χ1) is 15.3. The van der Waals surface area contributed by atoms with E-state index in [0.717, 1.165) is 4.90 Å². The first-order valence-corrected chi connectivity index (χ1v) is 10.5. The molecule has 0 atom stereocenters. The largest absolute Gasteiger partial charge is 0.490 e. The molecule has 9 heteroatoms. The van der Waals surface area contributed by atoms with Gasteiger partial charge in [-0.15, -0.1) is 0 Å². The maximum absolute atomic E-state index is 12.5. The van der Waals surface area contributed by atoms with Gasteiger partial charge in [0, 0.05) is 6.54 Å². The Morgan fingerprint density at radius 1 is 1.19 bits per heavy atom. The second kappa shape index (κ2) is 10.2. The fraction of sp³-hybridized carbons (Fsp3) is 0.261. The number of ether oxygens (including phenoxy) is 2. The average molecular weight is 459 g/mol. The quantitative estimate of drug-likeness (QED) is 0.428. The van der Waals surface area contributed by atoms with Gasteiger partial charge in [0.1, 0.15) is 12.3 Å². The molecule has 3 rings (SSSR count). The van der Waals surface area contributed by atoms with Gasteiger partial charge >= 0.3 is 12.0 Å². The summed E-state index contributed by atoms with van der Waals surface area (Å²) in [7, 11) is 0. The summed E-state index contributed by atoms with van der Waals surface area (Å²) in [6.45, 7) is 4.46. The number of hydrogen-bond donors (Lipinski definition) is 2. The molecule has 168 valence electrons. The summed E-state index contributed by atoms with van der Waals surface area (Å²) in [6, 6.07) is 9.20. The highest BCUT2D eigenvalue weighted by molar-refractivity contribution is 6.32. The molecule has 0 radical (unpaired) electrons. The lowest BCUT2D eigenvalue weighted by Crippen LogP contribution is -2.31. The Kier molecular flexibility index (Phi) is 7.37. The second-order valence-corrected chi connectivity index (χ2v) is 7.41. The third kappa shape index (κ3) is 5.20. The van der Waals surface area contributed by atoms with Crippen molar-refractivity contribution in [2.75, 3.05) is 13.2 Å². The van der Waals surface area contributed by atoms with Gasteiger partial charge in [-0.2, -0.15) is 0 Å². The summed E-state index contributed by atoms with van der Waals surface area (Å²) < 4.78 is 11.5. The molecule has 2 N–H and O–H groups in total. The van der Waals surface area contributed by atoms with Crippen LogP contribution in [0.25, 0.3) is 6.08 Å². The van der Waals surface area contributed by atoms with E-state index in [1.54, 1.807) is 24.3 Å². The number of halogens is 1. The maximum atomic E-state index is 12.5. The predicted octanol–water partition coefficient (Wildman–Crippen LogP) is 4.32. The number of hydrogen-bond acceptors (Lipinski definition) is 5. The van der Waals surface area contributed by atoms with Crippen molar-refractivity contribution in [2.24, 2.45) is 0 Å². The summed E-state index contributed by atoms with van der Waals surface area (Å²) in [5.41, 5.74) is 1.52. The zero-order chi connectivity index (χ0) is 23.3. The van der Waals surface area contributed by atoms with E-state index in [4.69, 9.17) is 26.2 Å². The Labute approximate surface area is 190 Å². The number of aromatic carboxylic acids is 1. The Hall–Kier alpha value is -3.52. The lowest BCUT2D eigenvalue weighted by Gasteiger charge is -2.15. The minimum Gasteiger partial charge on any atom is -0.490 e. The lowest BCUT2D eigenvalue weighted by atomic mass is 10.1. The van der Waals surface area contributed by atoms with E-state index in [-0.39, 0.29) is 22.9 Å². The molecule has 2 aromatic rings. The number of nitrogens with zero attached hydrogens (tertiary/aromatic N) is 1. The second-order valence-electron chi connectivity index (χ2n) is 7.00. The van der Waals surface area contributed by atoms with E-state index in [0.29, 0.717) is 42.2 Å². The van der Waals surface area contributed by atoms with E-state index in [9.17, 15) is 14.4 Å². The van der Waals surface area contributed by atoms with Crippen molar-refractivity contribution >= 4 is 35.6 Å². The Morgan fingerprint density at radius 2 is 1.97 bits per heavy atom. The van der Waals surface area contributed by atoms with Crippen molar-refractivity contribution in [3.05, 3.63) is 63.8 Å². The highest BCUT2D eigenvalue weighted by Crippen LogP contribution is 2.38. The Bertz CT molecular complexity index is 1080. The van der Waals surface area contributed by atoms with E-state index >= 15 is 0 Å². The highest BCUT2D eigenvalue weighted by atomic mass is 35.5. The third-order valence-corrected chi connectivity index (χ3v) is 4.89. The Balaban J connectivity index is 1.85. The van der Waals surface area contributed by atoms with Crippen LogP contribution in [0.3, 0.4) is 0 Å². The van der Waals surface area contributed by atoms with Gasteiger partial charge in [0.25, 0.3) is 5.91 Å². The molecular formula is C23H23ClN2O6. The number of nitrogens with one attached hydrogen (secondary N) is 1. The van der Waals surface area contributed by atoms with E-state index in [1.807, 2.05) is 13.8 Å². The molecule has 1 aliphatic rings. The fourth-order valence-electron chi connectivity index (χ4n) is 3.19. The van der Waals surface area contributed by atoms with Crippen molar-refractivity contribution in [1.82, 2.24) is 10.2 Å². The van der Waals surface area contributed by atoms with Crippen LogP contribution >= 0.6 is 11.6 Å². The average Bonchev–Trinajstić information content (AvgIpc) is 3.01. The van der Waals surface area contributed by atoms with Crippen molar-refractivity contribution in [3.63, 3.8) is 0 Å². The molecule has 2 aromatic carbocycles. The molecule has 8 nitrogen and oxygen atoms in total. The number of benzene rings is 2. The van der Waals surface area contributed by atoms with Crippen LogP contribution in [0.5, 0.6) is 11.5 Å². The molecule has 0 aromatic heterocycles. The van der Waals surface area contributed by atoms with Crippen molar-refractivity contribution < 1.29 is 29.0 Å². The van der Waals surface area contributed by atoms with Gasteiger partial charge < -0.3 is 19.9 Å². The number of amides is 3. The molecule has 1 saturated heterocycles. The minimum absolute atomic E-state index is 0.0852. The molecule has 1 heterocycles. The van der Waals surface area contributed by atoms with Gasteiger partial charge in [-0.1, -0.05) is 30.7 Å². The molecule has 32 heavy (non-hydrogen) atoms. The predicted molar refractivity (Wildman–Crippen MR) is 119 cm³/mol. The molecule has 0 unspecified atom stereocenters. The number of carbonyl (C=O) groups excluding carboxylic acids is 2. The number of imide groups is 1. The van der Waals surface area contributed by atoms with Crippen molar-refractivity contribution in [1.29, 1.82) is 0 Å². The summed E-state index contributed by atoms with van der Waals surface area (Å²) in [6.07, 6.45) is 2.19. The topological polar surface area (TPSA) is 105 Å². The maximum Gasteiger partial charge on any atom is 0.335 e. The molecule has 1 aliphatic heterocycles. The van der Waals surface area contributed by atoms with E-state index in [1.165, 1.54) is 18.2 Å². The number of urea groups is 1. The standard InChI is InChI=1S/C23H23ClN2O6/c1-3-8-26-21(27)18(25-23(26)30)11-15-10-17(24)20(19(12-15)31-4-2)32-13-14-6-5-7-16(9-14)22(28)29/h5-7,9-12H,3-4,8,13H2,1-2H3,(H,25,30)(H,28,29)/b18-11+. The zero-order valence-corrected chi connectivity index (χ0v) is 18.4. The highest BCUT2D eigenvalue weighted by Gasteiger charge is 2.32. The van der Waals surface area contributed by atoms with Crippen molar-refractivity contribution in [2.45, 2.75) is 26.9 Å². The molecule has 1 fully saturated rings.